The summed E-state index contributed by atoms with van der Waals surface area (Å²) in [6.07, 6.45) is 0. The fourth-order valence-electron chi connectivity index (χ4n) is 6.35. The minimum atomic E-state index is 0.704. The van der Waals surface area contributed by atoms with Crippen LogP contribution in [0.25, 0.3) is 88.2 Å². The van der Waals surface area contributed by atoms with Crippen LogP contribution in [0.5, 0.6) is 0 Å². The third-order valence-corrected chi connectivity index (χ3v) is 8.45. The molecule has 0 aliphatic carbocycles. The zero-order valence-corrected chi connectivity index (χ0v) is 23.2. The lowest BCUT2D eigenvalue weighted by Crippen LogP contribution is -1.96. The third-order valence-electron chi connectivity index (χ3n) is 8.45. The van der Waals surface area contributed by atoms with Gasteiger partial charge in [0, 0.05) is 32.7 Å². The molecule has 43 heavy (non-hydrogen) atoms. The van der Waals surface area contributed by atoms with Gasteiger partial charge in [-0.3, -0.25) is 0 Å². The maximum atomic E-state index is 6.58. The van der Waals surface area contributed by atoms with Gasteiger partial charge in [0.2, 0.25) is 0 Å². The van der Waals surface area contributed by atoms with Gasteiger partial charge in [-0.2, -0.15) is 0 Å². The average Bonchev–Trinajstić information content (AvgIpc) is 3.46. The summed E-state index contributed by atoms with van der Waals surface area (Å²) < 4.78 is 6.58. The Morgan fingerprint density at radius 2 is 1.14 bits per heavy atom. The normalized spacial score (nSPS) is 11.7. The Kier molecular flexibility index (Phi) is 5.20. The first kappa shape index (κ1) is 23.9. The zero-order chi connectivity index (χ0) is 28.3. The number of rotatable bonds is 3. The van der Waals surface area contributed by atoms with Crippen LogP contribution in [0.3, 0.4) is 0 Å². The van der Waals surface area contributed by atoms with Crippen LogP contribution in [0.15, 0.2) is 150 Å². The minimum Gasteiger partial charge on any atom is -0.455 e. The van der Waals surface area contributed by atoms with Crippen molar-refractivity contribution in [2.75, 3.05) is 0 Å². The Hall–Kier alpha value is -5.80. The van der Waals surface area contributed by atoms with E-state index in [1.165, 1.54) is 16.3 Å². The van der Waals surface area contributed by atoms with Crippen molar-refractivity contribution in [3.8, 4) is 33.8 Å². The maximum Gasteiger partial charge on any atom is 0.161 e. The van der Waals surface area contributed by atoms with E-state index >= 15 is 0 Å². The molecule has 0 N–H and O–H groups in total. The summed E-state index contributed by atoms with van der Waals surface area (Å²) in [6, 6.07) is 50.8. The highest BCUT2D eigenvalue weighted by atomic mass is 16.3. The van der Waals surface area contributed by atoms with Gasteiger partial charge in [0.15, 0.2) is 5.82 Å². The molecular formula is C40H24N2O. The van der Waals surface area contributed by atoms with Crippen molar-refractivity contribution >= 4 is 54.4 Å². The molecule has 0 radical (unpaired) electrons. The van der Waals surface area contributed by atoms with Crippen LogP contribution in [-0.2, 0) is 0 Å². The summed E-state index contributed by atoms with van der Waals surface area (Å²) in [5, 5.41) is 7.70. The lowest BCUT2D eigenvalue weighted by Gasteiger charge is -2.12. The van der Waals surface area contributed by atoms with Crippen molar-refractivity contribution in [3.63, 3.8) is 0 Å². The van der Waals surface area contributed by atoms with Crippen LogP contribution in [-0.4, -0.2) is 9.97 Å². The number of para-hydroxylation sites is 1. The van der Waals surface area contributed by atoms with Crippen molar-refractivity contribution in [1.82, 2.24) is 9.97 Å². The molecule has 0 saturated carbocycles. The Balaban J connectivity index is 1.31. The summed E-state index contributed by atoms with van der Waals surface area (Å²) in [4.78, 5) is 10.4. The van der Waals surface area contributed by atoms with Crippen molar-refractivity contribution in [3.05, 3.63) is 146 Å². The standard InChI is InChI=1S/C40H24N2O/c1-2-10-25(11-3-1)28-20-21-31-34-24-35(30-14-6-7-15-32(30)39(34)43-37(31)23-28)40-41-36-17-9-8-16-33(36)38(42-40)29-19-18-26-12-4-5-13-27(26)22-29/h1-24H. The molecule has 0 bridgehead atoms. The van der Waals surface area contributed by atoms with E-state index in [0.717, 1.165) is 66.0 Å². The third kappa shape index (κ3) is 3.83. The maximum absolute atomic E-state index is 6.58. The second-order valence-corrected chi connectivity index (χ2v) is 11.0. The van der Waals surface area contributed by atoms with Gasteiger partial charge in [0.05, 0.1) is 11.2 Å². The lowest BCUT2D eigenvalue weighted by molar-refractivity contribution is 0.673. The van der Waals surface area contributed by atoms with Crippen molar-refractivity contribution < 1.29 is 4.42 Å². The molecule has 200 valence electrons. The summed E-state index contributed by atoms with van der Waals surface area (Å²) in [6.45, 7) is 0. The quantitative estimate of drug-likeness (QED) is 0.220. The zero-order valence-electron chi connectivity index (χ0n) is 23.2. The molecule has 0 spiro atoms. The van der Waals surface area contributed by atoms with Crippen LogP contribution >= 0.6 is 0 Å². The highest BCUT2D eigenvalue weighted by Crippen LogP contribution is 2.41. The first-order valence-electron chi connectivity index (χ1n) is 14.5. The van der Waals surface area contributed by atoms with Crippen LogP contribution in [0.1, 0.15) is 0 Å². The van der Waals surface area contributed by atoms with Gasteiger partial charge in [-0.25, -0.2) is 9.97 Å². The summed E-state index contributed by atoms with van der Waals surface area (Å²) >= 11 is 0. The van der Waals surface area contributed by atoms with Gasteiger partial charge in [-0.1, -0.05) is 115 Å². The first-order chi connectivity index (χ1) is 21.3. The Bertz CT molecular complexity index is 2510. The number of furan rings is 1. The smallest absolute Gasteiger partial charge is 0.161 e. The van der Waals surface area contributed by atoms with E-state index < -0.39 is 0 Å². The number of benzene rings is 7. The molecular weight excluding hydrogens is 524 g/mol. The monoisotopic (exact) mass is 548 g/mol. The molecule has 0 atom stereocenters. The van der Waals surface area contributed by atoms with Gasteiger partial charge < -0.3 is 4.42 Å². The second kappa shape index (κ2) is 9.37. The van der Waals surface area contributed by atoms with Gasteiger partial charge >= 0.3 is 0 Å². The molecule has 3 heteroatoms. The lowest BCUT2D eigenvalue weighted by atomic mass is 9.98. The van der Waals surface area contributed by atoms with Gasteiger partial charge in [-0.05, 0) is 57.6 Å². The fourth-order valence-corrected chi connectivity index (χ4v) is 6.35. The first-order valence-corrected chi connectivity index (χ1v) is 14.5. The highest BCUT2D eigenvalue weighted by molar-refractivity contribution is 6.19. The predicted octanol–water partition coefficient (Wildman–Crippen LogP) is 10.8. The van der Waals surface area contributed by atoms with E-state index in [0.29, 0.717) is 5.82 Å². The number of hydrogen-bond acceptors (Lipinski definition) is 3. The van der Waals surface area contributed by atoms with Crippen molar-refractivity contribution in [1.29, 1.82) is 0 Å². The van der Waals surface area contributed by atoms with E-state index in [1.54, 1.807) is 0 Å². The topological polar surface area (TPSA) is 38.9 Å². The van der Waals surface area contributed by atoms with Crippen LogP contribution in [0, 0.1) is 0 Å². The van der Waals surface area contributed by atoms with E-state index in [9.17, 15) is 0 Å². The van der Waals surface area contributed by atoms with E-state index in [4.69, 9.17) is 14.4 Å². The van der Waals surface area contributed by atoms with Crippen LogP contribution in [0.4, 0.5) is 0 Å². The SMILES string of the molecule is c1ccc(-c2ccc3c(c2)oc2c4ccccc4c(-c4nc(-c5ccc6ccccc6c5)c5ccccc5n4)cc32)cc1. The molecule has 0 fully saturated rings. The molecule has 0 aliphatic rings. The van der Waals surface area contributed by atoms with Gasteiger partial charge in [0.25, 0.3) is 0 Å². The number of fused-ring (bicyclic) bond motifs is 7. The Morgan fingerprint density at radius 3 is 2.02 bits per heavy atom. The minimum absolute atomic E-state index is 0.704. The van der Waals surface area contributed by atoms with Gasteiger partial charge in [-0.15, -0.1) is 0 Å². The largest absolute Gasteiger partial charge is 0.455 e. The molecule has 0 saturated heterocycles. The van der Waals surface area contributed by atoms with Crippen molar-refractivity contribution in [2.24, 2.45) is 0 Å². The number of aromatic nitrogens is 2. The molecule has 0 amide bonds. The molecule has 9 rings (SSSR count). The van der Waals surface area contributed by atoms with Crippen LogP contribution < -0.4 is 0 Å². The number of hydrogen-bond donors (Lipinski definition) is 0. The summed E-state index contributed by atoms with van der Waals surface area (Å²) in [7, 11) is 0. The molecule has 0 aliphatic heterocycles. The van der Waals surface area contributed by atoms with E-state index in [-0.39, 0.29) is 0 Å². The molecule has 2 aromatic heterocycles. The molecule has 9 aromatic rings. The summed E-state index contributed by atoms with van der Waals surface area (Å²) in [5.74, 6) is 0.704. The molecule has 7 aromatic carbocycles. The van der Waals surface area contributed by atoms with E-state index in [1.807, 2.05) is 12.1 Å². The number of nitrogens with zero attached hydrogens (tertiary/aromatic N) is 2. The highest BCUT2D eigenvalue weighted by Gasteiger charge is 2.19. The van der Waals surface area contributed by atoms with Gasteiger partial charge in [0.1, 0.15) is 11.2 Å². The summed E-state index contributed by atoms with van der Waals surface area (Å²) in [5.41, 5.74) is 7.97. The van der Waals surface area contributed by atoms with E-state index in [2.05, 4.69) is 133 Å². The van der Waals surface area contributed by atoms with Crippen molar-refractivity contribution in [2.45, 2.75) is 0 Å². The molecule has 3 nitrogen and oxygen atoms in total. The second-order valence-electron chi connectivity index (χ2n) is 11.0. The Labute approximate surface area is 247 Å². The molecule has 2 heterocycles. The Morgan fingerprint density at radius 1 is 0.419 bits per heavy atom. The average molecular weight is 549 g/mol. The fraction of sp³-hybridized carbons (Fsp3) is 0. The predicted molar refractivity (Wildman–Crippen MR) is 178 cm³/mol. The van der Waals surface area contributed by atoms with Crippen LogP contribution in [0.2, 0.25) is 0 Å². The molecule has 0 unspecified atom stereocenters.